The van der Waals surface area contributed by atoms with Crippen LogP contribution in [-0.4, -0.2) is 38.4 Å². The topological polar surface area (TPSA) is 98.1 Å². The zero-order valence-corrected chi connectivity index (χ0v) is 22.1. The number of alkyl carbamates (subject to hydrolysis) is 1. The first kappa shape index (κ1) is 26.2. The summed E-state index contributed by atoms with van der Waals surface area (Å²) < 4.78 is 7.00. The molecule has 0 bridgehead atoms. The third-order valence-electron chi connectivity index (χ3n) is 5.87. The molecule has 2 atom stereocenters. The molecule has 1 aliphatic rings. The second kappa shape index (κ2) is 11.1. The molecule has 0 radical (unpaired) electrons. The van der Waals surface area contributed by atoms with Gasteiger partial charge in [0.2, 0.25) is 0 Å². The minimum Gasteiger partial charge on any atom is -0.444 e. The zero-order chi connectivity index (χ0) is 26.6. The normalized spacial score (nSPS) is 17.0. The maximum atomic E-state index is 13.2. The number of hydrogen-bond acceptors (Lipinski definition) is 5. The fourth-order valence-corrected chi connectivity index (χ4v) is 4.44. The second-order valence-electron chi connectivity index (χ2n) is 10.1. The number of hydrogen-bond donors (Lipinski definition) is 2. The SMILES string of the molecule is Cc1cc(C#Cc2ccccc2)cnc1NC(=O)c1c(Cl)cnn1[C@@H]1CC[C@@H](NC(=O)OC(C)(C)C)C1. The van der Waals surface area contributed by atoms with Crippen LogP contribution in [0.5, 0.6) is 0 Å². The van der Waals surface area contributed by atoms with Gasteiger partial charge in [0, 0.05) is 23.4 Å². The van der Waals surface area contributed by atoms with Crippen LogP contribution in [0.2, 0.25) is 5.02 Å². The number of pyridine rings is 1. The van der Waals surface area contributed by atoms with Crippen molar-refractivity contribution in [3.63, 3.8) is 0 Å². The van der Waals surface area contributed by atoms with Crippen LogP contribution in [0.25, 0.3) is 0 Å². The van der Waals surface area contributed by atoms with Crippen molar-refractivity contribution < 1.29 is 14.3 Å². The molecule has 3 aromatic rings. The largest absolute Gasteiger partial charge is 0.444 e. The van der Waals surface area contributed by atoms with Gasteiger partial charge in [0.1, 0.15) is 17.1 Å². The van der Waals surface area contributed by atoms with Gasteiger partial charge < -0.3 is 15.4 Å². The van der Waals surface area contributed by atoms with Gasteiger partial charge >= 0.3 is 6.09 Å². The number of amides is 2. The van der Waals surface area contributed by atoms with Crippen molar-refractivity contribution in [1.29, 1.82) is 0 Å². The second-order valence-corrected chi connectivity index (χ2v) is 10.5. The summed E-state index contributed by atoms with van der Waals surface area (Å²) in [6, 6.07) is 11.4. The zero-order valence-electron chi connectivity index (χ0n) is 21.3. The predicted molar refractivity (Wildman–Crippen MR) is 143 cm³/mol. The number of nitrogens with zero attached hydrogens (tertiary/aromatic N) is 3. The molecule has 2 N–H and O–H groups in total. The third kappa shape index (κ3) is 6.89. The summed E-state index contributed by atoms with van der Waals surface area (Å²) in [5.74, 6) is 6.23. The first-order valence-electron chi connectivity index (χ1n) is 12.2. The predicted octanol–water partition coefficient (Wildman–Crippen LogP) is 5.51. The Morgan fingerprint density at radius 3 is 2.54 bits per heavy atom. The first-order valence-corrected chi connectivity index (χ1v) is 12.5. The molecule has 1 aliphatic carbocycles. The van der Waals surface area contributed by atoms with Gasteiger partial charge in [-0.15, -0.1) is 0 Å². The van der Waals surface area contributed by atoms with Gasteiger partial charge in [0.25, 0.3) is 5.91 Å². The summed E-state index contributed by atoms with van der Waals surface area (Å²) >= 11 is 6.37. The number of halogens is 1. The van der Waals surface area contributed by atoms with Crippen LogP contribution >= 0.6 is 11.6 Å². The Bertz CT molecular complexity index is 1350. The molecule has 1 saturated carbocycles. The van der Waals surface area contributed by atoms with Crippen LogP contribution in [0.15, 0.2) is 48.8 Å². The molecule has 4 rings (SSSR count). The molecule has 0 spiro atoms. The summed E-state index contributed by atoms with van der Waals surface area (Å²) in [6.07, 6.45) is 4.74. The van der Waals surface area contributed by atoms with Crippen LogP contribution in [0.1, 0.15) is 73.3 Å². The summed E-state index contributed by atoms with van der Waals surface area (Å²) in [4.78, 5) is 29.8. The Morgan fingerprint density at radius 1 is 1.11 bits per heavy atom. The van der Waals surface area contributed by atoms with Gasteiger partial charge in [-0.1, -0.05) is 41.6 Å². The third-order valence-corrected chi connectivity index (χ3v) is 6.15. The molecule has 37 heavy (non-hydrogen) atoms. The highest BCUT2D eigenvalue weighted by atomic mass is 35.5. The molecule has 2 amide bonds. The Balaban J connectivity index is 1.43. The van der Waals surface area contributed by atoms with E-state index in [1.807, 2.05) is 64.1 Å². The molecule has 0 aliphatic heterocycles. The Morgan fingerprint density at radius 2 is 1.84 bits per heavy atom. The fourth-order valence-electron chi connectivity index (χ4n) is 4.22. The Labute approximate surface area is 221 Å². The van der Waals surface area contributed by atoms with Crippen LogP contribution in [0, 0.1) is 18.8 Å². The molecular weight excluding hydrogens is 490 g/mol. The van der Waals surface area contributed by atoms with Crippen molar-refractivity contribution >= 4 is 29.4 Å². The van der Waals surface area contributed by atoms with Gasteiger partial charge in [-0.3, -0.25) is 9.48 Å². The molecule has 0 saturated heterocycles. The average molecular weight is 520 g/mol. The van der Waals surface area contributed by atoms with Crippen molar-refractivity contribution in [3.8, 4) is 11.8 Å². The van der Waals surface area contributed by atoms with Crippen LogP contribution < -0.4 is 10.6 Å². The van der Waals surface area contributed by atoms with Gasteiger partial charge in [-0.25, -0.2) is 9.78 Å². The van der Waals surface area contributed by atoms with E-state index in [0.29, 0.717) is 12.2 Å². The van der Waals surface area contributed by atoms with Gasteiger partial charge in [0.05, 0.1) is 17.3 Å². The van der Waals surface area contributed by atoms with E-state index < -0.39 is 17.6 Å². The molecule has 192 valence electrons. The van der Waals surface area contributed by atoms with E-state index in [-0.39, 0.29) is 22.8 Å². The lowest BCUT2D eigenvalue weighted by Gasteiger charge is -2.22. The summed E-state index contributed by atoms with van der Waals surface area (Å²) in [7, 11) is 0. The summed E-state index contributed by atoms with van der Waals surface area (Å²) in [5.41, 5.74) is 2.13. The quantitative estimate of drug-likeness (QED) is 0.443. The molecule has 1 fully saturated rings. The maximum Gasteiger partial charge on any atom is 0.407 e. The van der Waals surface area contributed by atoms with E-state index in [9.17, 15) is 9.59 Å². The van der Waals surface area contributed by atoms with Crippen LogP contribution in [0.4, 0.5) is 10.6 Å². The molecule has 0 unspecified atom stereocenters. The number of benzene rings is 1. The average Bonchev–Trinajstić information content (AvgIpc) is 3.45. The number of carbonyl (C=O) groups excluding carboxylic acids is 2. The number of ether oxygens (including phenoxy) is 1. The highest BCUT2D eigenvalue weighted by Crippen LogP contribution is 2.33. The molecular formula is C28H30ClN5O3. The number of rotatable bonds is 4. The van der Waals surface area contributed by atoms with Crippen LogP contribution in [-0.2, 0) is 4.74 Å². The van der Waals surface area contributed by atoms with Crippen molar-refractivity contribution in [2.24, 2.45) is 0 Å². The van der Waals surface area contributed by atoms with Crippen molar-refractivity contribution in [1.82, 2.24) is 20.1 Å². The summed E-state index contributed by atoms with van der Waals surface area (Å²) in [5, 5.41) is 10.4. The van der Waals surface area contributed by atoms with E-state index in [4.69, 9.17) is 16.3 Å². The minimum absolute atomic E-state index is 0.0767. The van der Waals surface area contributed by atoms with Crippen molar-refractivity contribution in [3.05, 3.63) is 76.2 Å². The lowest BCUT2D eigenvalue weighted by molar-refractivity contribution is 0.0504. The number of aromatic nitrogens is 3. The highest BCUT2D eigenvalue weighted by Gasteiger charge is 2.32. The van der Waals surface area contributed by atoms with Crippen molar-refractivity contribution in [2.75, 3.05) is 5.32 Å². The summed E-state index contributed by atoms with van der Waals surface area (Å²) in [6.45, 7) is 7.33. The van der Waals surface area contributed by atoms with Crippen molar-refractivity contribution in [2.45, 2.75) is 64.6 Å². The molecule has 9 heteroatoms. The molecule has 2 aromatic heterocycles. The van der Waals surface area contributed by atoms with Gasteiger partial charge in [-0.2, -0.15) is 5.10 Å². The highest BCUT2D eigenvalue weighted by molar-refractivity contribution is 6.34. The number of nitrogens with one attached hydrogen (secondary N) is 2. The Kier molecular flexibility index (Phi) is 7.84. The van der Waals surface area contributed by atoms with E-state index >= 15 is 0 Å². The monoisotopic (exact) mass is 519 g/mol. The van der Waals surface area contributed by atoms with E-state index in [1.54, 1.807) is 10.9 Å². The standard InChI is InChI=1S/C28H30ClN5O3/c1-18-14-20(11-10-19-8-6-5-7-9-19)16-30-25(18)33-26(35)24-23(29)17-31-34(24)22-13-12-21(15-22)32-27(36)37-28(2,3)4/h5-9,14,16-17,21-22H,12-13,15H2,1-4H3,(H,32,36)(H,30,33,35)/t21-,22-/m1/s1. The Hall–Kier alpha value is -3.83. The first-order chi connectivity index (χ1) is 17.6. The van der Waals surface area contributed by atoms with E-state index in [2.05, 4.69) is 32.6 Å². The number of carbonyl (C=O) groups is 2. The van der Waals surface area contributed by atoms with E-state index in [0.717, 1.165) is 29.5 Å². The van der Waals surface area contributed by atoms with Gasteiger partial charge in [-0.05, 0) is 70.7 Å². The lowest BCUT2D eigenvalue weighted by atomic mass is 10.1. The fraction of sp³-hybridized carbons (Fsp3) is 0.357. The van der Waals surface area contributed by atoms with Gasteiger partial charge in [0.15, 0.2) is 0 Å². The number of anilines is 1. The smallest absolute Gasteiger partial charge is 0.407 e. The minimum atomic E-state index is -0.568. The lowest BCUT2D eigenvalue weighted by Crippen LogP contribution is -2.38. The number of aryl methyl sites for hydroxylation is 1. The molecule has 8 nitrogen and oxygen atoms in total. The van der Waals surface area contributed by atoms with Crippen LogP contribution in [0.3, 0.4) is 0 Å². The molecule has 2 heterocycles. The maximum absolute atomic E-state index is 13.2. The van der Waals surface area contributed by atoms with E-state index in [1.165, 1.54) is 6.20 Å². The molecule has 1 aromatic carbocycles.